The van der Waals surface area contributed by atoms with E-state index in [0.717, 1.165) is 60.7 Å². The molecule has 1 saturated carbocycles. The quantitative estimate of drug-likeness (QED) is 0.220. The smallest absolute Gasteiger partial charge is 0.225 e. The summed E-state index contributed by atoms with van der Waals surface area (Å²) in [4.78, 5) is 55.6. The van der Waals surface area contributed by atoms with E-state index in [9.17, 15) is 19.2 Å². The van der Waals surface area contributed by atoms with Crippen LogP contribution in [0.1, 0.15) is 59.9 Å². The van der Waals surface area contributed by atoms with E-state index in [1.165, 1.54) is 11.3 Å². The van der Waals surface area contributed by atoms with Gasteiger partial charge in [0.05, 0.1) is 4.88 Å². The van der Waals surface area contributed by atoms with Gasteiger partial charge in [-0.25, -0.2) is 0 Å². The van der Waals surface area contributed by atoms with Crippen molar-refractivity contribution in [1.29, 1.82) is 0 Å². The molecule has 0 spiro atoms. The molecule has 7 heteroatoms. The minimum atomic E-state index is -0.0997. The maximum atomic E-state index is 13.0. The number of amides is 1. The van der Waals surface area contributed by atoms with Crippen LogP contribution in [0.25, 0.3) is 0 Å². The molecule has 2 fully saturated rings. The fourth-order valence-corrected chi connectivity index (χ4v) is 6.01. The molecule has 3 aromatic carbocycles. The summed E-state index contributed by atoms with van der Waals surface area (Å²) in [5.41, 5.74) is 4.54. The predicted molar refractivity (Wildman–Crippen MR) is 165 cm³/mol. The molecule has 0 N–H and O–H groups in total. The number of rotatable bonds is 10. The molecule has 42 heavy (non-hydrogen) atoms. The molecule has 6 nitrogen and oxygen atoms in total. The summed E-state index contributed by atoms with van der Waals surface area (Å²) in [7, 11) is 0. The molecule has 2 heterocycles. The Bertz CT molecular complexity index is 1580. The van der Waals surface area contributed by atoms with Crippen LogP contribution in [0.2, 0.25) is 0 Å². The second kappa shape index (κ2) is 12.2. The molecule has 4 aromatic rings. The first-order chi connectivity index (χ1) is 20.4. The Morgan fingerprint density at radius 3 is 1.71 bits per heavy atom. The Labute approximate surface area is 249 Å². The van der Waals surface area contributed by atoms with Crippen molar-refractivity contribution in [2.75, 3.05) is 31.1 Å². The molecule has 0 bridgehead atoms. The summed E-state index contributed by atoms with van der Waals surface area (Å²) in [6, 6.07) is 25.7. The monoisotopic (exact) mass is 576 g/mol. The van der Waals surface area contributed by atoms with Gasteiger partial charge < -0.3 is 9.80 Å². The topological polar surface area (TPSA) is 74.8 Å². The maximum Gasteiger partial charge on any atom is 0.225 e. The van der Waals surface area contributed by atoms with Gasteiger partial charge in [0.2, 0.25) is 5.91 Å². The van der Waals surface area contributed by atoms with Crippen molar-refractivity contribution in [3.63, 3.8) is 0 Å². The van der Waals surface area contributed by atoms with Gasteiger partial charge in [0.15, 0.2) is 17.3 Å². The van der Waals surface area contributed by atoms with E-state index >= 15 is 0 Å². The van der Waals surface area contributed by atoms with Crippen LogP contribution in [-0.4, -0.2) is 54.3 Å². The van der Waals surface area contributed by atoms with Crippen LogP contribution in [0.4, 0.5) is 5.69 Å². The zero-order valence-corrected chi connectivity index (χ0v) is 24.1. The highest BCUT2D eigenvalue weighted by Gasteiger charge is 2.34. The molecule has 0 radical (unpaired) electrons. The molecule has 212 valence electrons. The Morgan fingerprint density at radius 2 is 1.19 bits per heavy atom. The van der Waals surface area contributed by atoms with Crippen LogP contribution in [0.15, 0.2) is 90.3 Å². The normalized spacial score (nSPS) is 15.0. The van der Waals surface area contributed by atoms with E-state index in [-0.39, 0.29) is 29.7 Å². The minimum absolute atomic E-state index is 0.0214. The lowest BCUT2D eigenvalue weighted by atomic mass is 9.97. The summed E-state index contributed by atoms with van der Waals surface area (Å²) in [5, 5.41) is 1.89. The Morgan fingerprint density at radius 1 is 0.643 bits per heavy atom. The number of ketones is 3. The van der Waals surface area contributed by atoms with Gasteiger partial charge in [0.1, 0.15) is 0 Å². The summed E-state index contributed by atoms with van der Waals surface area (Å²) < 4.78 is 0. The van der Waals surface area contributed by atoms with E-state index in [0.29, 0.717) is 29.0 Å². The van der Waals surface area contributed by atoms with Crippen LogP contribution >= 0.6 is 11.3 Å². The molecule has 1 aliphatic carbocycles. The third-order valence-electron chi connectivity index (χ3n) is 8.03. The summed E-state index contributed by atoms with van der Waals surface area (Å²) in [5.74, 6) is 0.560. The van der Waals surface area contributed by atoms with Gasteiger partial charge in [-0.3, -0.25) is 19.2 Å². The van der Waals surface area contributed by atoms with Crippen LogP contribution in [0, 0.1) is 5.92 Å². The molecule has 0 atom stereocenters. The highest BCUT2D eigenvalue weighted by Crippen LogP contribution is 2.31. The van der Waals surface area contributed by atoms with Crippen molar-refractivity contribution in [2.45, 2.75) is 25.7 Å². The number of Topliss-reactive ketones (excluding diaryl/α,β-unsaturated/α-hetero) is 2. The number of thiophene rings is 1. The van der Waals surface area contributed by atoms with Crippen LogP contribution in [-0.2, 0) is 17.6 Å². The maximum absolute atomic E-state index is 13.0. The second-order valence-electron chi connectivity index (χ2n) is 11.0. The minimum Gasteiger partial charge on any atom is -0.368 e. The Hall–Kier alpha value is -4.36. The van der Waals surface area contributed by atoms with Gasteiger partial charge in [-0.05, 0) is 59.7 Å². The SMILES string of the molecule is O=C(Cc1ccc(C(=O)c2ccc(CC(=O)c3cccs3)cc2)cc1)c1ccc(N2CCN(C(=O)C3CC3)CC2)cc1. The lowest BCUT2D eigenvalue weighted by molar-refractivity contribution is -0.132. The predicted octanol–water partition coefficient (Wildman–Crippen LogP) is 5.89. The number of benzene rings is 3. The molecular formula is C35H32N2O4S. The fraction of sp³-hybridized carbons (Fsp3) is 0.257. The molecule has 0 unspecified atom stereocenters. The van der Waals surface area contributed by atoms with E-state index in [1.54, 1.807) is 24.3 Å². The highest BCUT2D eigenvalue weighted by molar-refractivity contribution is 7.12. The van der Waals surface area contributed by atoms with Crippen molar-refractivity contribution in [3.05, 3.63) is 123 Å². The number of hydrogen-bond donors (Lipinski definition) is 0. The highest BCUT2D eigenvalue weighted by atomic mass is 32.1. The first-order valence-corrected chi connectivity index (χ1v) is 15.3. The van der Waals surface area contributed by atoms with Gasteiger partial charge in [-0.2, -0.15) is 0 Å². The van der Waals surface area contributed by atoms with Crippen molar-refractivity contribution in [2.24, 2.45) is 5.92 Å². The lowest BCUT2D eigenvalue weighted by Gasteiger charge is -2.36. The molecule has 6 rings (SSSR count). The number of piperazine rings is 1. The summed E-state index contributed by atoms with van der Waals surface area (Å²) >= 11 is 1.43. The van der Waals surface area contributed by atoms with E-state index in [1.807, 2.05) is 70.9 Å². The van der Waals surface area contributed by atoms with Crippen molar-refractivity contribution in [1.82, 2.24) is 4.90 Å². The molecule has 1 aromatic heterocycles. The van der Waals surface area contributed by atoms with E-state index < -0.39 is 0 Å². The average molecular weight is 577 g/mol. The van der Waals surface area contributed by atoms with Gasteiger partial charge >= 0.3 is 0 Å². The molecule has 2 aliphatic rings. The third kappa shape index (κ3) is 6.42. The third-order valence-corrected chi connectivity index (χ3v) is 8.94. The van der Waals surface area contributed by atoms with E-state index in [2.05, 4.69) is 4.90 Å². The first-order valence-electron chi connectivity index (χ1n) is 14.4. The van der Waals surface area contributed by atoms with Crippen molar-refractivity contribution >= 4 is 40.3 Å². The standard InChI is InChI=1S/C35H32N2O4S/c38-31(26-13-15-30(16-14-26)36-17-19-37(20-18-36)35(41)29-11-12-29)22-24-3-7-27(8-4-24)34(40)28-9-5-25(6-10-28)23-32(39)33-2-1-21-42-33/h1-10,13-16,21,29H,11-12,17-20,22-23H2. The van der Waals surface area contributed by atoms with Crippen molar-refractivity contribution < 1.29 is 19.2 Å². The molecule has 1 aliphatic heterocycles. The van der Waals surface area contributed by atoms with E-state index in [4.69, 9.17) is 0 Å². The lowest BCUT2D eigenvalue weighted by Crippen LogP contribution is -2.49. The van der Waals surface area contributed by atoms with Crippen molar-refractivity contribution in [3.8, 4) is 0 Å². The Balaban J connectivity index is 1.01. The van der Waals surface area contributed by atoms with Gasteiger partial charge in [-0.1, -0.05) is 54.6 Å². The average Bonchev–Trinajstić information content (AvgIpc) is 3.74. The Kier molecular flexibility index (Phi) is 8.11. The van der Waals surface area contributed by atoms with Crippen LogP contribution in [0.5, 0.6) is 0 Å². The number of carbonyl (C=O) groups is 4. The zero-order chi connectivity index (χ0) is 29.1. The number of nitrogens with zero attached hydrogens (tertiary/aromatic N) is 2. The number of anilines is 1. The van der Waals surface area contributed by atoms with Gasteiger partial charge in [0.25, 0.3) is 0 Å². The van der Waals surface area contributed by atoms with Crippen LogP contribution in [0.3, 0.4) is 0 Å². The van der Waals surface area contributed by atoms with Gasteiger partial charge in [0, 0.05) is 67.3 Å². The summed E-state index contributed by atoms with van der Waals surface area (Å²) in [6.07, 6.45) is 2.63. The number of carbonyl (C=O) groups excluding carboxylic acids is 4. The number of hydrogen-bond acceptors (Lipinski definition) is 6. The first kappa shape index (κ1) is 27.8. The van der Waals surface area contributed by atoms with Crippen LogP contribution < -0.4 is 4.90 Å². The molecule has 1 saturated heterocycles. The molecule has 1 amide bonds. The van der Waals surface area contributed by atoms with Gasteiger partial charge in [-0.15, -0.1) is 11.3 Å². The largest absolute Gasteiger partial charge is 0.368 e. The zero-order valence-electron chi connectivity index (χ0n) is 23.3. The molecular weight excluding hydrogens is 544 g/mol. The second-order valence-corrected chi connectivity index (χ2v) is 12.0. The fourth-order valence-electron chi connectivity index (χ4n) is 5.34. The summed E-state index contributed by atoms with van der Waals surface area (Å²) in [6.45, 7) is 3.10.